The Hall–Kier alpha value is -2.51. The lowest BCUT2D eigenvalue weighted by Gasteiger charge is -2.22. The van der Waals surface area contributed by atoms with E-state index >= 15 is 0 Å². The number of hydrogen-bond acceptors (Lipinski definition) is 5. The molecule has 26 heavy (non-hydrogen) atoms. The normalized spacial score (nSPS) is 14.9. The van der Waals surface area contributed by atoms with Gasteiger partial charge in [-0.05, 0) is 38.1 Å². The lowest BCUT2D eigenvalue weighted by atomic mass is 10.1. The average molecular weight is 356 g/mol. The van der Waals surface area contributed by atoms with Gasteiger partial charge in [0.05, 0.1) is 36.7 Å². The summed E-state index contributed by atoms with van der Waals surface area (Å²) in [4.78, 5) is 28.1. The Kier molecular flexibility index (Phi) is 6.51. The summed E-state index contributed by atoms with van der Waals surface area (Å²) in [6, 6.07) is 9.53. The van der Waals surface area contributed by atoms with Crippen molar-refractivity contribution in [3.63, 3.8) is 0 Å². The molecule has 1 aromatic heterocycles. The maximum Gasteiger partial charge on any atom is 0.243 e. The third-order valence-corrected chi connectivity index (χ3v) is 4.29. The third kappa shape index (κ3) is 5.50. The molecule has 1 aliphatic heterocycles. The molecule has 0 radical (unpaired) electrons. The first-order valence-corrected chi connectivity index (χ1v) is 8.94. The topological polar surface area (TPSA) is 92.4 Å². The summed E-state index contributed by atoms with van der Waals surface area (Å²) >= 11 is 0. The molecule has 2 aromatic rings. The molecule has 0 spiro atoms. The van der Waals surface area contributed by atoms with Crippen molar-refractivity contribution in [2.75, 3.05) is 31.6 Å². The van der Waals surface area contributed by atoms with Gasteiger partial charge in [0.25, 0.3) is 0 Å². The Balaban J connectivity index is 1.36. The van der Waals surface area contributed by atoms with E-state index in [4.69, 9.17) is 4.74 Å². The molecule has 0 bridgehead atoms. The molecule has 1 fully saturated rings. The van der Waals surface area contributed by atoms with Crippen LogP contribution in [0.5, 0.6) is 0 Å². The van der Waals surface area contributed by atoms with Crippen LogP contribution in [0.2, 0.25) is 0 Å². The van der Waals surface area contributed by atoms with Crippen LogP contribution in [0.25, 0.3) is 10.9 Å². The van der Waals surface area contributed by atoms with Crippen molar-refractivity contribution in [3.8, 4) is 0 Å². The van der Waals surface area contributed by atoms with Crippen LogP contribution in [0.3, 0.4) is 0 Å². The number of nitrogens with one attached hydrogen (secondary N) is 3. The van der Waals surface area contributed by atoms with E-state index in [1.54, 1.807) is 6.20 Å². The number of pyridine rings is 1. The lowest BCUT2D eigenvalue weighted by molar-refractivity contribution is -0.125. The molecule has 1 aliphatic rings. The molecule has 0 saturated carbocycles. The number of piperidine rings is 1. The van der Waals surface area contributed by atoms with Crippen molar-refractivity contribution in [2.45, 2.75) is 25.4 Å². The van der Waals surface area contributed by atoms with Gasteiger partial charge in [-0.25, -0.2) is 0 Å². The summed E-state index contributed by atoms with van der Waals surface area (Å²) in [5.41, 5.74) is 1.48. The van der Waals surface area contributed by atoms with Crippen LogP contribution in [0.1, 0.15) is 19.3 Å². The van der Waals surface area contributed by atoms with Crippen molar-refractivity contribution in [2.24, 2.45) is 0 Å². The first-order valence-electron chi connectivity index (χ1n) is 8.94. The number of rotatable bonds is 7. The summed E-state index contributed by atoms with van der Waals surface area (Å²) in [7, 11) is 0. The van der Waals surface area contributed by atoms with Crippen LogP contribution in [-0.4, -0.2) is 49.1 Å². The van der Waals surface area contributed by atoms with Crippen LogP contribution in [0.4, 0.5) is 5.69 Å². The number of carbonyl (C=O) groups excluding carboxylic acids is 2. The number of carbonyl (C=O) groups is 2. The Bertz CT molecular complexity index is 759. The second kappa shape index (κ2) is 9.26. The summed E-state index contributed by atoms with van der Waals surface area (Å²) < 4.78 is 5.69. The number of ether oxygens (including phenoxy) is 1. The van der Waals surface area contributed by atoms with E-state index in [1.807, 2.05) is 30.3 Å². The Morgan fingerprint density at radius 2 is 2.00 bits per heavy atom. The Labute approximate surface area is 152 Å². The van der Waals surface area contributed by atoms with Gasteiger partial charge in [0.15, 0.2) is 0 Å². The fourth-order valence-corrected chi connectivity index (χ4v) is 2.89. The van der Waals surface area contributed by atoms with Crippen molar-refractivity contribution >= 4 is 28.4 Å². The van der Waals surface area contributed by atoms with E-state index in [1.165, 1.54) is 0 Å². The molecule has 138 valence electrons. The highest BCUT2D eigenvalue weighted by atomic mass is 16.5. The quantitative estimate of drug-likeness (QED) is 0.698. The van der Waals surface area contributed by atoms with Crippen molar-refractivity contribution in [1.82, 2.24) is 15.6 Å². The van der Waals surface area contributed by atoms with Gasteiger partial charge in [-0.15, -0.1) is 0 Å². The molecule has 7 nitrogen and oxygen atoms in total. The van der Waals surface area contributed by atoms with Crippen LogP contribution >= 0.6 is 0 Å². The second-order valence-electron chi connectivity index (χ2n) is 6.31. The largest absolute Gasteiger partial charge is 0.378 e. The zero-order valence-corrected chi connectivity index (χ0v) is 14.7. The highest BCUT2D eigenvalue weighted by Gasteiger charge is 2.14. The molecule has 2 heterocycles. The minimum absolute atomic E-state index is 0.0704. The number of nitrogens with zero attached hydrogens (tertiary/aromatic N) is 1. The predicted molar refractivity (Wildman–Crippen MR) is 99.8 cm³/mol. The summed E-state index contributed by atoms with van der Waals surface area (Å²) in [6.07, 6.45) is 4.05. The number of para-hydroxylation sites is 1. The second-order valence-corrected chi connectivity index (χ2v) is 6.31. The Morgan fingerprint density at radius 1 is 1.19 bits per heavy atom. The first kappa shape index (κ1) is 18.3. The van der Waals surface area contributed by atoms with Crippen molar-refractivity contribution in [1.29, 1.82) is 0 Å². The van der Waals surface area contributed by atoms with Crippen molar-refractivity contribution in [3.05, 3.63) is 36.5 Å². The SMILES string of the molecule is O=C(CCOC1CCNCC1)NCC(=O)Nc1cnc2ccccc2c1. The van der Waals surface area contributed by atoms with Gasteiger partial charge in [-0.3, -0.25) is 14.6 Å². The number of benzene rings is 1. The summed E-state index contributed by atoms with van der Waals surface area (Å²) in [5.74, 6) is -0.472. The van der Waals surface area contributed by atoms with Crippen LogP contribution < -0.4 is 16.0 Å². The standard InChI is InChI=1S/C19H24N4O3/c24-18(7-10-26-16-5-8-20-9-6-16)22-13-19(25)23-15-11-14-3-1-2-4-17(14)21-12-15/h1-4,11-12,16,20H,5-10,13H2,(H,22,24)(H,23,25). The zero-order valence-electron chi connectivity index (χ0n) is 14.7. The molecular formula is C19H24N4O3. The van der Waals surface area contributed by atoms with Gasteiger partial charge in [-0.2, -0.15) is 0 Å². The van der Waals surface area contributed by atoms with Gasteiger partial charge >= 0.3 is 0 Å². The van der Waals surface area contributed by atoms with E-state index < -0.39 is 0 Å². The highest BCUT2D eigenvalue weighted by Crippen LogP contribution is 2.15. The first-order chi connectivity index (χ1) is 12.7. The van der Waals surface area contributed by atoms with Crippen LogP contribution in [0.15, 0.2) is 36.5 Å². The minimum Gasteiger partial charge on any atom is -0.378 e. The summed E-state index contributed by atoms with van der Waals surface area (Å²) in [6.45, 7) is 2.23. The average Bonchev–Trinajstić information content (AvgIpc) is 2.67. The van der Waals surface area contributed by atoms with Gasteiger partial charge in [-0.1, -0.05) is 18.2 Å². The van der Waals surface area contributed by atoms with E-state index in [2.05, 4.69) is 20.9 Å². The van der Waals surface area contributed by atoms with Gasteiger partial charge in [0.1, 0.15) is 0 Å². The number of fused-ring (bicyclic) bond motifs is 1. The maximum atomic E-state index is 12.0. The predicted octanol–water partition coefficient (Wildman–Crippen LogP) is 1.45. The zero-order chi connectivity index (χ0) is 18.2. The summed E-state index contributed by atoms with van der Waals surface area (Å²) in [5, 5.41) is 9.57. The molecule has 0 aliphatic carbocycles. The number of aromatic nitrogens is 1. The van der Waals surface area contributed by atoms with Crippen LogP contribution in [0, 0.1) is 0 Å². The van der Waals surface area contributed by atoms with Crippen molar-refractivity contribution < 1.29 is 14.3 Å². The molecule has 0 atom stereocenters. The molecule has 1 aromatic carbocycles. The van der Waals surface area contributed by atoms with Gasteiger partial charge < -0.3 is 20.7 Å². The monoisotopic (exact) mass is 356 g/mol. The van der Waals surface area contributed by atoms with E-state index in [0.717, 1.165) is 36.8 Å². The number of hydrogen-bond donors (Lipinski definition) is 3. The van der Waals surface area contributed by atoms with E-state index in [0.29, 0.717) is 12.3 Å². The fourth-order valence-electron chi connectivity index (χ4n) is 2.89. The van der Waals surface area contributed by atoms with E-state index in [9.17, 15) is 9.59 Å². The molecule has 2 amide bonds. The lowest BCUT2D eigenvalue weighted by Crippen LogP contribution is -2.35. The molecule has 1 saturated heterocycles. The highest BCUT2D eigenvalue weighted by molar-refractivity contribution is 5.96. The van der Waals surface area contributed by atoms with Crippen LogP contribution in [-0.2, 0) is 14.3 Å². The van der Waals surface area contributed by atoms with Gasteiger partial charge in [0.2, 0.25) is 11.8 Å². The maximum absolute atomic E-state index is 12.0. The molecular weight excluding hydrogens is 332 g/mol. The van der Waals surface area contributed by atoms with E-state index in [-0.39, 0.29) is 30.9 Å². The number of anilines is 1. The van der Waals surface area contributed by atoms with Gasteiger partial charge in [0, 0.05) is 11.8 Å². The molecule has 3 rings (SSSR count). The molecule has 3 N–H and O–H groups in total. The fraction of sp³-hybridized carbons (Fsp3) is 0.421. The number of amides is 2. The smallest absolute Gasteiger partial charge is 0.243 e. The molecule has 7 heteroatoms. The Morgan fingerprint density at radius 3 is 2.85 bits per heavy atom. The third-order valence-electron chi connectivity index (χ3n) is 4.29. The molecule has 0 unspecified atom stereocenters. The minimum atomic E-state index is -0.283.